The first-order chi connectivity index (χ1) is 8.04. The van der Waals surface area contributed by atoms with Gasteiger partial charge in [-0.15, -0.1) is 6.42 Å². The Bertz CT molecular complexity index is 520. The summed E-state index contributed by atoms with van der Waals surface area (Å²) in [4.78, 5) is 0.253. The van der Waals surface area contributed by atoms with E-state index in [0.29, 0.717) is 11.0 Å². The van der Waals surface area contributed by atoms with Gasteiger partial charge < -0.3 is 0 Å². The SMILES string of the molecule is C#CCN(CCC)S(=O)(=O)c1ccccc1Br. The van der Waals surface area contributed by atoms with Crippen LogP contribution in [0.15, 0.2) is 33.6 Å². The highest BCUT2D eigenvalue weighted by Gasteiger charge is 2.24. The molecule has 0 saturated carbocycles. The Balaban J connectivity index is 3.18. The van der Waals surface area contributed by atoms with Gasteiger partial charge in [0.15, 0.2) is 0 Å². The molecule has 0 aliphatic rings. The lowest BCUT2D eigenvalue weighted by Gasteiger charge is -2.19. The Morgan fingerprint density at radius 3 is 2.59 bits per heavy atom. The third-order valence-electron chi connectivity index (χ3n) is 2.20. The Morgan fingerprint density at radius 2 is 2.06 bits per heavy atom. The van der Waals surface area contributed by atoms with Gasteiger partial charge in [-0.25, -0.2) is 8.42 Å². The van der Waals surface area contributed by atoms with Crippen LogP contribution in [-0.2, 0) is 10.0 Å². The van der Waals surface area contributed by atoms with E-state index in [1.807, 2.05) is 6.92 Å². The van der Waals surface area contributed by atoms with Gasteiger partial charge in [0.05, 0.1) is 11.4 Å². The van der Waals surface area contributed by atoms with Crippen LogP contribution in [-0.4, -0.2) is 25.8 Å². The van der Waals surface area contributed by atoms with Crippen LogP contribution in [0.2, 0.25) is 0 Å². The van der Waals surface area contributed by atoms with Crippen LogP contribution in [0, 0.1) is 12.3 Å². The molecular formula is C12H14BrNO2S. The highest BCUT2D eigenvalue weighted by Crippen LogP contribution is 2.24. The largest absolute Gasteiger partial charge is 0.245 e. The molecule has 0 amide bonds. The number of sulfonamides is 1. The maximum atomic E-state index is 12.3. The molecule has 1 rings (SSSR count). The second kappa shape index (κ2) is 6.20. The van der Waals surface area contributed by atoms with Gasteiger partial charge in [0.25, 0.3) is 0 Å². The molecule has 0 heterocycles. The van der Waals surface area contributed by atoms with Crippen molar-refractivity contribution in [1.82, 2.24) is 4.31 Å². The summed E-state index contributed by atoms with van der Waals surface area (Å²) in [6, 6.07) is 6.73. The fourth-order valence-corrected chi connectivity index (χ4v) is 3.84. The standard InChI is InChI=1S/C12H14BrNO2S/c1-3-9-14(10-4-2)17(15,16)12-8-6-5-7-11(12)13/h1,5-8H,4,9-10H2,2H3. The molecular weight excluding hydrogens is 302 g/mol. The maximum Gasteiger partial charge on any atom is 0.245 e. The number of terminal acetylenes is 1. The zero-order chi connectivity index (χ0) is 12.9. The zero-order valence-electron chi connectivity index (χ0n) is 9.56. The molecule has 1 aromatic carbocycles. The van der Waals surface area contributed by atoms with Crippen LogP contribution in [0.1, 0.15) is 13.3 Å². The molecule has 0 unspecified atom stereocenters. The third kappa shape index (κ3) is 3.32. The minimum Gasteiger partial charge on any atom is -0.207 e. The summed E-state index contributed by atoms with van der Waals surface area (Å²) in [6.07, 6.45) is 5.93. The molecule has 0 aliphatic carbocycles. The van der Waals surface area contributed by atoms with E-state index in [-0.39, 0.29) is 11.4 Å². The molecule has 0 saturated heterocycles. The van der Waals surface area contributed by atoms with Crippen molar-refractivity contribution >= 4 is 26.0 Å². The first-order valence-electron chi connectivity index (χ1n) is 5.22. The number of nitrogens with zero attached hydrogens (tertiary/aromatic N) is 1. The van der Waals surface area contributed by atoms with Crippen LogP contribution in [0.3, 0.4) is 0 Å². The van der Waals surface area contributed by atoms with E-state index < -0.39 is 10.0 Å². The smallest absolute Gasteiger partial charge is 0.207 e. The average molecular weight is 316 g/mol. The van der Waals surface area contributed by atoms with Gasteiger partial charge in [0.2, 0.25) is 10.0 Å². The molecule has 0 aliphatic heterocycles. The zero-order valence-corrected chi connectivity index (χ0v) is 12.0. The summed E-state index contributed by atoms with van der Waals surface area (Å²) in [5.41, 5.74) is 0. The fraction of sp³-hybridized carbons (Fsp3) is 0.333. The average Bonchev–Trinajstić information content (AvgIpc) is 2.29. The second-order valence-electron chi connectivity index (χ2n) is 3.47. The van der Waals surface area contributed by atoms with Crippen molar-refractivity contribution in [3.8, 4) is 12.3 Å². The van der Waals surface area contributed by atoms with Crippen molar-refractivity contribution in [1.29, 1.82) is 0 Å². The summed E-state index contributed by atoms with van der Waals surface area (Å²) < 4.78 is 26.5. The highest BCUT2D eigenvalue weighted by molar-refractivity contribution is 9.10. The van der Waals surface area contributed by atoms with E-state index in [9.17, 15) is 8.42 Å². The van der Waals surface area contributed by atoms with Crippen molar-refractivity contribution in [3.63, 3.8) is 0 Å². The molecule has 0 fully saturated rings. The Kier molecular flexibility index (Phi) is 5.19. The van der Waals surface area contributed by atoms with Gasteiger partial charge >= 0.3 is 0 Å². The van der Waals surface area contributed by atoms with Crippen molar-refractivity contribution < 1.29 is 8.42 Å². The molecule has 1 aromatic rings. The Hall–Kier alpha value is -0.830. The van der Waals surface area contributed by atoms with Crippen LogP contribution in [0.4, 0.5) is 0 Å². The van der Waals surface area contributed by atoms with Crippen LogP contribution < -0.4 is 0 Å². The van der Waals surface area contributed by atoms with E-state index in [2.05, 4.69) is 21.9 Å². The molecule has 0 N–H and O–H groups in total. The van der Waals surface area contributed by atoms with Crippen molar-refractivity contribution in [2.24, 2.45) is 0 Å². The topological polar surface area (TPSA) is 37.4 Å². The van der Waals surface area contributed by atoms with Crippen LogP contribution >= 0.6 is 15.9 Å². The predicted octanol–water partition coefficient (Wildman–Crippen LogP) is 2.48. The Labute approximate surface area is 111 Å². The van der Waals surface area contributed by atoms with Crippen molar-refractivity contribution in [2.75, 3.05) is 13.1 Å². The quantitative estimate of drug-likeness (QED) is 0.783. The number of hydrogen-bond acceptors (Lipinski definition) is 2. The molecule has 0 radical (unpaired) electrons. The lowest BCUT2D eigenvalue weighted by atomic mass is 10.4. The van der Waals surface area contributed by atoms with Crippen LogP contribution in [0.5, 0.6) is 0 Å². The van der Waals surface area contributed by atoms with Gasteiger partial charge in [-0.05, 0) is 34.5 Å². The fourth-order valence-electron chi connectivity index (χ4n) is 1.43. The van der Waals surface area contributed by atoms with E-state index in [1.165, 1.54) is 4.31 Å². The van der Waals surface area contributed by atoms with Gasteiger partial charge in [-0.1, -0.05) is 25.0 Å². The Morgan fingerprint density at radius 1 is 1.41 bits per heavy atom. The van der Waals surface area contributed by atoms with Crippen molar-refractivity contribution in [3.05, 3.63) is 28.7 Å². The molecule has 3 nitrogen and oxygen atoms in total. The molecule has 0 aromatic heterocycles. The first kappa shape index (κ1) is 14.2. The molecule has 0 atom stereocenters. The summed E-state index contributed by atoms with van der Waals surface area (Å²) in [6.45, 7) is 2.43. The normalized spacial score (nSPS) is 11.4. The molecule has 0 bridgehead atoms. The highest BCUT2D eigenvalue weighted by atomic mass is 79.9. The molecule has 0 spiro atoms. The van der Waals surface area contributed by atoms with Crippen molar-refractivity contribution in [2.45, 2.75) is 18.2 Å². The predicted molar refractivity (Wildman–Crippen MR) is 72.0 cm³/mol. The lowest BCUT2D eigenvalue weighted by Crippen LogP contribution is -2.32. The van der Waals surface area contributed by atoms with E-state index >= 15 is 0 Å². The number of benzene rings is 1. The second-order valence-corrected chi connectivity index (χ2v) is 6.23. The minimum absolute atomic E-state index is 0.0947. The number of rotatable bonds is 5. The summed E-state index contributed by atoms with van der Waals surface area (Å²) in [7, 11) is -3.51. The first-order valence-corrected chi connectivity index (χ1v) is 7.45. The van der Waals surface area contributed by atoms with Gasteiger partial charge in [0, 0.05) is 11.0 Å². The van der Waals surface area contributed by atoms with E-state index in [4.69, 9.17) is 6.42 Å². The van der Waals surface area contributed by atoms with E-state index in [0.717, 1.165) is 6.42 Å². The lowest BCUT2D eigenvalue weighted by molar-refractivity contribution is 0.445. The summed E-state index contributed by atoms with van der Waals surface area (Å²) >= 11 is 3.25. The third-order valence-corrected chi connectivity index (χ3v) is 5.05. The van der Waals surface area contributed by atoms with E-state index in [1.54, 1.807) is 24.3 Å². The van der Waals surface area contributed by atoms with Gasteiger partial charge in [0.1, 0.15) is 0 Å². The molecule has 92 valence electrons. The summed E-state index contributed by atoms with van der Waals surface area (Å²) in [5, 5.41) is 0. The molecule has 17 heavy (non-hydrogen) atoms. The van der Waals surface area contributed by atoms with Gasteiger partial charge in [-0.3, -0.25) is 0 Å². The summed E-state index contributed by atoms with van der Waals surface area (Å²) in [5.74, 6) is 2.38. The number of hydrogen-bond donors (Lipinski definition) is 0. The number of halogens is 1. The minimum atomic E-state index is -3.51. The van der Waals surface area contributed by atoms with Crippen LogP contribution in [0.25, 0.3) is 0 Å². The molecule has 5 heteroatoms. The maximum absolute atomic E-state index is 12.3. The van der Waals surface area contributed by atoms with Gasteiger partial charge in [-0.2, -0.15) is 4.31 Å². The monoisotopic (exact) mass is 315 g/mol.